The average Bonchev–Trinajstić information content (AvgIpc) is 2.98. The van der Waals surface area contributed by atoms with Crippen LogP contribution in [0.3, 0.4) is 0 Å². The van der Waals surface area contributed by atoms with Crippen molar-refractivity contribution in [1.82, 2.24) is 9.88 Å². The van der Waals surface area contributed by atoms with Gasteiger partial charge in [0.05, 0.1) is 17.6 Å². The zero-order valence-corrected chi connectivity index (χ0v) is 10.3. The van der Waals surface area contributed by atoms with E-state index in [4.69, 9.17) is 0 Å². The number of aromatic nitrogens is 1. The number of nitrogens with zero attached hydrogens (tertiary/aromatic N) is 3. The second-order valence-corrected chi connectivity index (χ2v) is 4.89. The van der Waals surface area contributed by atoms with Crippen molar-refractivity contribution in [1.29, 1.82) is 0 Å². The lowest BCUT2D eigenvalue weighted by Gasteiger charge is -2.23. The van der Waals surface area contributed by atoms with Gasteiger partial charge in [-0.1, -0.05) is 6.07 Å². The minimum atomic E-state index is -0.774. The maximum atomic E-state index is 12.0. The Hall–Kier alpha value is -2.70. The number of Topliss-reactive ketones (excluding diaryl/α,β-unsaturated/α-hetero) is 1. The molecule has 20 heavy (non-hydrogen) atoms. The van der Waals surface area contributed by atoms with Gasteiger partial charge in [0.2, 0.25) is 11.8 Å². The molecule has 1 saturated heterocycles. The Morgan fingerprint density at radius 3 is 3.00 bits per heavy atom. The monoisotopic (exact) mass is 270 g/mol. The molecule has 1 atom stereocenters. The molecule has 0 bridgehead atoms. The normalized spacial score (nSPS) is 20.7. The highest BCUT2D eigenvalue weighted by atomic mass is 16.3. The zero-order valence-electron chi connectivity index (χ0n) is 10.3. The predicted octanol–water partition coefficient (Wildman–Crippen LogP) is 1.71. The van der Waals surface area contributed by atoms with Crippen molar-refractivity contribution in [2.24, 2.45) is 10.2 Å². The number of aromatic hydroxyl groups is 1. The molecule has 1 fully saturated rings. The number of amides is 1. The topological polar surface area (TPSA) is 96.0 Å². The van der Waals surface area contributed by atoms with Crippen LogP contribution in [0.2, 0.25) is 0 Å². The molecule has 100 valence electrons. The van der Waals surface area contributed by atoms with Crippen LogP contribution in [0.5, 0.6) is 5.88 Å². The Bertz CT molecular complexity index is 806. The molecule has 3 heterocycles. The van der Waals surface area contributed by atoms with Crippen LogP contribution in [0.15, 0.2) is 28.4 Å². The van der Waals surface area contributed by atoms with E-state index in [0.29, 0.717) is 16.9 Å². The summed E-state index contributed by atoms with van der Waals surface area (Å²) in [5, 5.41) is 22.2. The van der Waals surface area contributed by atoms with E-state index in [1.54, 1.807) is 18.2 Å². The molecular formula is C13H10N4O3. The Labute approximate surface area is 112 Å². The highest BCUT2D eigenvalue weighted by molar-refractivity contribution is 6.07. The molecule has 2 aliphatic rings. The van der Waals surface area contributed by atoms with E-state index in [2.05, 4.69) is 15.5 Å². The average molecular weight is 270 g/mol. The van der Waals surface area contributed by atoms with Gasteiger partial charge in [-0.05, 0) is 12.1 Å². The number of ketones is 1. The minimum absolute atomic E-state index is 0.0407. The number of carbonyl (C=O) groups is 2. The maximum Gasteiger partial charge on any atom is 0.244 e. The van der Waals surface area contributed by atoms with Gasteiger partial charge in [-0.15, -0.1) is 10.2 Å². The van der Waals surface area contributed by atoms with E-state index >= 15 is 0 Å². The van der Waals surface area contributed by atoms with Crippen molar-refractivity contribution in [3.63, 3.8) is 0 Å². The van der Waals surface area contributed by atoms with Crippen LogP contribution in [0.25, 0.3) is 10.8 Å². The van der Waals surface area contributed by atoms with Crippen LogP contribution in [0.1, 0.15) is 12.5 Å². The summed E-state index contributed by atoms with van der Waals surface area (Å²) in [5.41, 5.74) is 0.661. The standard InChI is InChI=1S/C13H10N4O3/c18-6-4-9(12(19)14-5-6)17-11-10-7(13(17)20)2-1-3-8(10)15-16-11/h1-3,9,20H,4-5H2,(H,14,19). The summed E-state index contributed by atoms with van der Waals surface area (Å²) in [5.74, 6) is 0.0162. The van der Waals surface area contributed by atoms with Crippen LogP contribution in [-0.2, 0) is 9.59 Å². The van der Waals surface area contributed by atoms with Crippen LogP contribution in [-0.4, -0.2) is 27.9 Å². The lowest BCUT2D eigenvalue weighted by molar-refractivity contribution is -0.133. The first kappa shape index (κ1) is 11.2. The number of nitrogens with one attached hydrogen (secondary N) is 1. The first-order chi connectivity index (χ1) is 9.66. The molecule has 2 N–H and O–H groups in total. The van der Waals surface area contributed by atoms with Gasteiger partial charge in [0.15, 0.2) is 11.6 Å². The molecule has 1 aromatic carbocycles. The van der Waals surface area contributed by atoms with Gasteiger partial charge in [0.1, 0.15) is 6.04 Å². The van der Waals surface area contributed by atoms with Crippen molar-refractivity contribution in [3.8, 4) is 5.88 Å². The molecule has 0 saturated carbocycles. The van der Waals surface area contributed by atoms with E-state index in [-0.39, 0.29) is 30.5 Å². The van der Waals surface area contributed by atoms with E-state index in [0.717, 1.165) is 5.39 Å². The summed E-state index contributed by atoms with van der Waals surface area (Å²) in [7, 11) is 0. The van der Waals surface area contributed by atoms with Gasteiger partial charge in [0, 0.05) is 11.8 Å². The van der Waals surface area contributed by atoms with Crippen molar-refractivity contribution in [3.05, 3.63) is 18.2 Å². The van der Waals surface area contributed by atoms with Gasteiger partial charge in [-0.2, -0.15) is 0 Å². The van der Waals surface area contributed by atoms with Crippen molar-refractivity contribution in [2.75, 3.05) is 6.54 Å². The number of rotatable bonds is 1. The number of benzene rings is 1. The summed E-state index contributed by atoms with van der Waals surface area (Å²) in [6, 6.07) is 4.52. The third-order valence-electron chi connectivity index (χ3n) is 3.71. The molecule has 1 unspecified atom stereocenters. The fourth-order valence-corrected chi connectivity index (χ4v) is 2.78. The summed E-state index contributed by atoms with van der Waals surface area (Å²) in [6.07, 6.45) is 0.0538. The van der Waals surface area contributed by atoms with Crippen LogP contribution in [0.4, 0.5) is 11.5 Å². The quantitative estimate of drug-likeness (QED) is 0.704. The molecule has 2 aromatic rings. The second-order valence-electron chi connectivity index (χ2n) is 4.89. The summed E-state index contributed by atoms with van der Waals surface area (Å²) in [4.78, 5) is 23.6. The first-order valence-corrected chi connectivity index (χ1v) is 6.24. The fraction of sp³-hybridized carbons (Fsp3) is 0.231. The molecule has 4 rings (SSSR count). The predicted molar refractivity (Wildman–Crippen MR) is 69.4 cm³/mol. The van der Waals surface area contributed by atoms with Gasteiger partial charge >= 0.3 is 0 Å². The molecule has 1 amide bonds. The van der Waals surface area contributed by atoms with Gasteiger partial charge in [0.25, 0.3) is 0 Å². The van der Waals surface area contributed by atoms with E-state index in [1.165, 1.54) is 4.57 Å². The molecule has 0 aliphatic carbocycles. The summed E-state index contributed by atoms with van der Waals surface area (Å²) in [6.45, 7) is 0.0407. The third kappa shape index (κ3) is 1.29. The Balaban J connectivity index is 1.98. The van der Waals surface area contributed by atoms with Gasteiger partial charge in [-0.25, -0.2) is 0 Å². The highest BCUT2D eigenvalue weighted by Crippen LogP contribution is 2.48. The lowest BCUT2D eigenvalue weighted by Crippen LogP contribution is -2.42. The van der Waals surface area contributed by atoms with Crippen LogP contribution in [0, 0.1) is 0 Å². The minimum Gasteiger partial charge on any atom is -0.494 e. The molecule has 2 aliphatic heterocycles. The summed E-state index contributed by atoms with van der Waals surface area (Å²) >= 11 is 0. The van der Waals surface area contributed by atoms with Crippen molar-refractivity contribution in [2.45, 2.75) is 12.5 Å². The largest absolute Gasteiger partial charge is 0.494 e. The first-order valence-electron chi connectivity index (χ1n) is 6.24. The third-order valence-corrected chi connectivity index (χ3v) is 3.71. The summed E-state index contributed by atoms with van der Waals surface area (Å²) < 4.78 is 1.40. The number of piperidine rings is 1. The second kappa shape index (κ2) is 3.66. The number of hydrogen-bond acceptors (Lipinski definition) is 5. The lowest BCUT2D eigenvalue weighted by atomic mass is 10.1. The van der Waals surface area contributed by atoms with Crippen molar-refractivity contribution >= 4 is 34.0 Å². The van der Waals surface area contributed by atoms with Crippen LogP contribution >= 0.6 is 0 Å². The van der Waals surface area contributed by atoms with Crippen LogP contribution < -0.4 is 5.32 Å². The number of azo groups is 1. The number of hydrogen-bond donors (Lipinski definition) is 2. The fourth-order valence-electron chi connectivity index (χ4n) is 2.78. The molecular weight excluding hydrogens is 260 g/mol. The molecule has 1 aromatic heterocycles. The zero-order chi connectivity index (χ0) is 13.9. The van der Waals surface area contributed by atoms with Crippen molar-refractivity contribution < 1.29 is 14.7 Å². The van der Waals surface area contributed by atoms with E-state index in [1.807, 2.05) is 0 Å². The molecule has 7 heteroatoms. The SMILES string of the molecule is O=C1CNC(=O)C(n2c(O)c3cccc4c3c2N=N4)C1. The molecule has 0 radical (unpaired) electrons. The van der Waals surface area contributed by atoms with E-state index < -0.39 is 6.04 Å². The molecule has 7 nitrogen and oxygen atoms in total. The Morgan fingerprint density at radius 2 is 2.15 bits per heavy atom. The maximum absolute atomic E-state index is 12.0. The Kier molecular flexibility index (Phi) is 2.04. The van der Waals surface area contributed by atoms with Gasteiger partial charge < -0.3 is 10.4 Å². The van der Waals surface area contributed by atoms with Gasteiger partial charge in [-0.3, -0.25) is 14.2 Å². The van der Waals surface area contributed by atoms with E-state index in [9.17, 15) is 14.7 Å². The smallest absolute Gasteiger partial charge is 0.244 e. The highest BCUT2D eigenvalue weighted by Gasteiger charge is 2.34. The number of carbonyl (C=O) groups excluding carboxylic acids is 2. The molecule has 0 spiro atoms. The Morgan fingerprint density at radius 1 is 1.30 bits per heavy atom.